The minimum atomic E-state index is -0.285. The monoisotopic (exact) mass is 2000 g/mol. The summed E-state index contributed by atoms with van der Waals surface area (Å²) in [5.41, 5.74) is 2.30. The molecule has 1 aromatic carbocycles. The predicted molar refractivity (Wildman–Crippen MR) is 592 cm³/mol. The molecule has 0 radical (unpaired) electrons. The van der Waals surface area contributed by atoms with Crippen LogP contribution >= 0.6 is 0 Å². The van der Waals surface area contributed by atoms with Crippen LogP contribution in [-0.2, 0) is 77.7 Å². The average molecular weight is 2000 g/mol. The first-order chi connectivity index (χ1) is 66.5. The number of likely N-dealkylation sites (tertiary alicyclic amines) is 3. The fraction of sp³-hybridized carbons (Fsp3) is 0.922. The first-order valence-corrected chi connectivity index (χ1v) is 56.5. The van der Waals surface area contributed by atoms with Crippen LogP contribution < -0.4 is 10.6 Å². The maximum atomic E-state index is 10.2. The van der Waals surface area contributed by atoms with Crippen molar-refractivity contribution in [3.63, 3.8) is 0 Å². The topological polar surface area (TPSA) is 213 Å². The van der Waals surface area contributed by atoms with E-state index in [2.05, 4.69) is 188 Å². The number of ether oxygens (including phenoxy) is 14. The van der Waals surface area contributed by atoms with Gasteiger partial charge in [0.15, 0.2) is 5.78 Å². The highest BCUT2D eigenvalue weighted by Gasteiger charge is 2.24. The van der Waals surface area contributed by atoms with Gasteiger partial charge in [0.1, 0.15) is 6.61 Å². The molecule has 140 heavy (non-hydrogen) atoms. The van der Waals surface area contributed by atoms with Crippen molar-refractivity contribution in [2.24, 2.45) is 17.8 Å². The highest BCUT2D eigenvalue weighted by molar-refractivity contribution is 5.76. The lowest BCUT2D eigenvalue weighted by molar-refractivity contribution is -0.122. The summed E-state index contributed by atoms with van der Waals surface area (Å²) < 4.78 is 75.4. The van der Waals surface area contributed by atoms with E-state index in [4.69, 9.17) is 71.4 Å². The number of Topliss-reactive ketones (excluding diaryl/α,β-unsaturated/α-hetero) is 1. The van der Waals surface area contributed by atoms with Crippen LogP contribution in [0.4, 0.5) is 0 Å². The summed E-state index contributed by atoms with van der Waals surface area (Å²) in [6.45, 7) is 105. The third kappa shape index (κ3) is 97.6. The molecule has 2 unspecified atom stereocenters. The molecule has 7 aliphatic heterocycles. The number of carbonyl (C=O) groups is 1. The zero-order valence-electron chi connectivity index (χ0n) is 97.8. The van der Waals surface area contributed by atoms with Crippen molar-refractivity contribution in [2.75, 3.05) is 230 Å². The standard InChI is InChI=1S/C14H29NO.C13H27NO.C12H26N2O.C12H24O.C10H19NO2.C10H14O.C9H20N2O.C9H19NO.C8H17NO2.C7H16O2.C6H12O2.C5H12O/c1-12(2)15-9-7-14(8-10-15)6-5-11-16-13(3)4;1-4-14-9-7-13(8-10-14)6-5-11-15-12(2)3;1-11(2)14-7-5-13(6-8-14)9-10-15-12(3)4;1-11(2)13-10-6-9-12-7-4-3-5-8-12;1-9(2)13-8-10(3)11-4-6-12-7-5-11;1-9(2)11-8-10-6-4-3-5-7-10;1-9(2)12-8-7-11-5-3-10-4-6-11;1-8(2)11-9-4-6-10(3)7-5-9;1-7(2)11-6-8-5-10-4-3-9-8;1-4-7(8)5-9-6(2)3;1-5(2)8-4-6(3)7;1-4-6-5(2)3/h12-14H,5-11H2,1-4H3;12-13H,4-11H2,1-3H3;11-12H,5-10H2,1-4H3;11-12H,3-10H2,1-2H3;9H,3-8H2,1-2H3;3-7,9H,8H2,1-2H3;9-10H,3-8H2,1-2H3;8-9H,4-7H2,1-3H3;7-9H,3-6H2,1-2H3;6-8H,4-5H2,1-3H3;5H,4H2,1-3H3;5H,4H2,1-3H3. The maximum absolute atomic E-state index is 10.2. The second-order valence-electron chi connectivity index (χ2n) is 42.7. The molecule has 25 heteroatoms. The SMILES string of the molecule is C=C(COC(C)C)N1CCOCC1.CC(=O)COC(C)C.CC(C)OC1CCN(C)CC1.CC(C)OCC1COCCN1.CC(C)OCCCC1CCCCC1.CC(C)OCCCC1CCN(C(C)C)CC1.CC(C)OCCN1CCN(C(C)C)CC1.CC(C)OCCN1CCNCC1.CC(C)OCc1ccccc1.CCC(O)COC(C)C.CCN1CCC(CCCOC(C)C)CC1.CCOC(C)C. The van der Waals surface area contributed by atoms with Gasteiger partial charge in [-0.1, -0.05) is 82.9 Å². The Bertz CT molecular complexity index is 2710. The zero-order chi connectivity index (χ0) is 106. The van der Waals surface area contributed by atoms with Gasteiger partial charge in [0.05, 0.1) is 158 Å². The van der Waals surface area contributed by atoms with Crippen LogP contribution in [0.25, 0.3) is 0 Å². The van der Waals surface area contributed by atoms with Gasteiger partial charge >= 0.3 is 0 Å². The summed E-state index contributed by atoms with van der Waals surface area (Å²) in [6, 6.07) is 12.0. The second-order valence-corrected chi connectivity index (χ2v) is 42.7. The van der Waals surface area contributed by atoms with Crippen LogP contribution in [0, 0.1) is 17.8 Å². The van der Waals surface area contributed by atoms with Crippen molar-refractivity contribution >= 4 is 5.78 Å². The predicted octanol–water partition coefficient (Wildman–Crippen LogP) is 21.1. The molecule has 7 heterocycles. The van der Waals surface area contributed by atoms with E-state index in [1.165, 1.54) is 207 Å². The minimum absolute atomic E-state index is 0.0821. The van der Waals surface area contributed by atoms with Crippen molar-refractivity contribution in [1.82, 2.24) is 44.9 Å². The Balaban J connectivity index is -0.00000147. The van der Waals surface area contributed by atoms with Crippen LogP contribution in [0.5, 0.6) is 0 Å². The van der Waals surface area contributed by atoms with Gasteiger partial charge in [0.25, 0.3) is 0 Å². The molecule has 8 fully saturated rings. The number of carbonyl (C=O) groups excluding carboxylic acids is 1. The lowest BCUT2D eigenvalue weighted by Gasteiger charge is -2.36. The zero-order valence-corrected chi connectivity index (χ0v) is 97.8. The third-order valence-corrected chi connectivity index (χ3v) is 24.4. The van der Waals surface area contributed by atoms with Crippen molar-refractivity contribution in [1.29, 1.82) is 0 Å². The quantitative estimate of drug-likeness (QED) is 0.0518. The van der Waals surface area contributed by atoms with E-state index in [0.29, 0.717) is 86.3 Å². The van der Waals surface area contributed by atoms with Gasteiger partial charge in [-0.3, -0.25) is 19.5 Å². The molecule has 25 nitrogen and oxygen atoms in total. The number of piperazine rings is 2. The average Bonchev–Trinajstić information content (AvgIpc) is 0.888. The number of nitrogens with zero attached hydrogens (tertiary/aromatic N) is 7. The Kier molecular flexibility index (Phi) is 97.2. The van der Waals surface area contributed by atoms with Crippen LogP contribution in [0.1, 0.15) is 343 Å². The molecule has 0 amide bonds. The molecule has 2 atom stereocenters. The number of aliphatic hydroxyl groups excluding tert-OH is 1. The molecule has 9 rings (SSSR count). The van der Waals surface area contributed by atoms with Gasteiger partial charge in [-0.15, -0.1) is 0 Å². The van der Waals surface area contributed by atoms with Gasteiger partial charge in [-0.05, 0) is 354 Å². The van der Waals surface area contributed by atoms with Crippen molar-refractivity contribution in [3.8, 4) is 0 Å². The maximum Gasteiger partial charge on any atom is 0.155 e. The smallest absolute Gasteiger partial charge is 0.155 e. The van der Waals surface area contributed by atoms with Crippen molar-refractivity contribution in [3.05, 3.63) is 48.2 Å². The Morgan fingerprint density at radius 3 is 1.23 bits per heavy atom. The van der Waals surface area contributed by atoms with Crippen molar-refractivity contribution < 1.29 is 76.2 Å². The number of hydrogen-bond acceptors (Lipinski definition) is 25. The normalized spacial score (nSPS) is 18.4. The summed E-state index contributed by atoms with van der Waals surface area (Å²) >= 11 is 0. The molecule has 836 valence electrons. The third-order valence-electron chi connectivity index (χ3n) is 24.4. The van der Waals surface area contributed by atoms with Gasteiger partial charge in [-0.25, -0.2) is 0 Å². The van der Waals surface area contributed by atoms with Crippen LogP contribution in [0.3, 0.4) is 0 Å². The summed E-state index contributed by atoms with van der Waals surface area (Å²) in [6.07, 6.45) is 28.2. The van der Waals surface area contributed by atoms with E-state index in [1.807, 2.05) is 115 Å². The highest BCUT2D eigenvalue weighted by atomic mass is 16.5. The number of benzene rings is 1. The van der Waals surface area contributed by atoms with Crippen molar-refractivity contribution in [2.45, 2.75) is 447 Å². The molecular weight excluding hydrogens is 1760 g/mol. The number of ketones is 1. The Morgan fingerprint density at radius 2 is 0.843 bits per heavy atom. The Labute approximate surface area is 866 Å². The molecule has 0 spiro atoms. The van der Waals surface area contributed by atoms with Gasteiger partial charge in [0.2, 0.25) is 0 Å². The summed E-state index contributed by atoms with van der Waals surface area (Å²) in [5, 5.41) is 15.6. The molecule has 1 aliphatic carbocycles. The van der Waals surface area contributed by atoms with E-state index in [9.17, 15) is 4.79 Å². The Morgan fingerprint density at radius 1 is 0.421 bits per heavy atom. The lowest BCUT2D eigenvalue weighted by Crippen LogP contribution is -2.49. The number of morpholine rings is 2. The summed E-state index contributed by atoms with van der Waals surface area (Å²) in [4.78, 5) is 27.5. The molecule has 0 bridgehead atoms. The van der Waals surface area contributed by atoms with Crippen LogP contribution in [-0.4, -0.2) is 379 Å². The fourth-order valence-corrected chi connectivity index (χ4v) is 15.8. The molecule has 7 saturated heterocycles. The molecule has 3 N–H and O–H groups in total. The number of aliphatic hydroxyl groups is 1. The molecule has 8 aliphatic rings. The van der Waals surface area contributed by atoms with E-state index in [-0.39, 0.29) is 36.8 Å². The van der Waals surface area contributed by atoms with Crippen LogP contribution in [0.2, 0.25) is 0 Å². The molecule has 1 saturated carbocycles. The fourth-order valence-electron chi connectivity index (χ4n) is 15.8. The van der Waals surface area contributed by atoms with E-state index in [1.54, 1.807) is 0 Å². The Hall–Kier alpha value is -2.49. The van der Waals surface area contributed by atoms with Gasteiger partial charge < -0.3 is 102 Å². The van der Waals surface area contributed by atoms with E-state index < -0.39 is 0 Å². The largest absolute Gasteiger partial charge is 0.391 e. The molecule has 0 aromatic heterocycles. The molecular formula is C115H235N9O16. The summed E-state index contributed by atoms with van der Waals surface area (Å²) in [7, 11) is 2.17. The van der Waals surface area contributed by atoms with Crippen LogP contribution in [0.15, 0.2) is 42.6 Å². The van der Waals surface area contributed by atoms with Gasteiger partial charge in [0, 0.05) is 142 Å². The summed E-state index contributed by atoms with van der Waals surface area (Å²) in [5.74, 6) is 3.01. The number of nitrogens with one attached hydrogen (secondary N) is 2. The number of piperidine rings is 3. The van der Waals surface area contributed by atoms with Gasteiger partial charge in [-0.2, -0.15) is 0 Å². The number of rotatable bonds is 47. The first kappa shape index (κ1) is 142. The number of hydrogen-bond donors (Lipinski definition) is 3. The highest BCUT2D eigenvalue weighted by Crippen LogP contribution is 2.28. The van der Waals surface area contributed by atoms with E-state index in [0.717, 1.165) is 161 Å². The second kappa shape index (κ2) is 96.1. The molecule has 1 aromatic rings. The minimum Gasteiger partial charge on any atom is -0.391 e. The first-order valence-electron chi connectivity index (χ1n) is 56.5. The van der Waals surface area contributed by atoms with E-state index >= 15 is 0 Å². The lowest BCUT2D eigenvalue weighted by atomic mass is 9.86.